The first-order chi connectivity index (χ1) is 18.4. The van der Waals surface area contributed by atoms with Gasteiger partial charge < -0.3 is 42.6 Å². The second-order valence-electron chi connectivity index (χ2n) is 9.45. The lowest BCUT2D eigenvalue weighted by molar-refractivity contribution is -0.142. The smallest absolute Gasteiger partial charge is 0.326 e. The minimum Gasteiger partial charge on any atom is -0.508 e. The zero-order valence-electron chi connectivity index (χ0n) is 21.7. The number of H-pyrrole nitrogens is 1. The summed E-state index contributed by atoms with van der Waals surface area (Å²) in [5, 5.41) is 26.5. The molecule has 2 rings (SSSR count). The number of aliphatic carboxylic acids is 1. The third kappa shape index (κ3) is 10.1. The Hall–Kier alpha value is -4.46. The van der Waals surface area contributed by atoms with Gasteiger partial charge in [0.25, 0.3) is 0 Å². The van der Waals surface area contributed by atoms with Crippen LogP contribution in [-0.2, 0) is 36.8 Å². The van der Waals surface area contributed by atoms with Crippen molar-refractivity contribution in [3.8, 4) is 5.75 Å². The van der Waals surface area contributed by atoms with Gasteiger partial charge in [-0.15, -0.1) is 0 Å². The van der Waals surface area contributed by atoms with Crippen molar-refractivity contribution in [2.45, 2.75) is 63.7 Å². The summed E-state index contributed by atoms with van der Waals surface area (Å²) in [4.78, 5) is 68.7. The molecule has 0 radical (unpaired) electrons. The Morgan fingerprint density at radius 3 is 2.13 bits per heavy atom. The summed E-state index contributed by atoms with van der Waals surface area (Å²) in [6.07, 6.45) is 2.62. The van der Waals surface area contributed by atoms with E-state index in [9.17, 15) is 34.2 Å². The van der Waals surface area contributed by atoms with E-state index in [0.717, 1.165) is 0 Å². The number of aromatic hydroxyl groups is 1. The monoisotopic (exact) mass is 545 g/mol. The molecular weight excluding hydrogens is 510 g/mol. The molecule has 4 amide bonds. The van der Waals surface area contributed by atoms with Crippen LogP contribution in [0.4, 0.5) is 0 Å². The van der Waals surface area contributed by atoms with Crippen molar-refractivity contribution in [2.75, 3.05) is 0 Å². The zero-order valence-corrected chi connectivity index (χ0v) is 21.7. The number of rotatable bonds is 15. The van der Waals surface area contributed by atoms with Crippen LogP contribution in [0.15, 0.2) is 36.8 Å². The number of carboxylic acid groups (broad SMARTS) is 1. The zero-order chi connectivity index (χ0) is 29.1. The summed E-state index contributed by atoms with van der Waals surface area (Å²) in [6, 6.07) is 1.11. The number of imidazole rings is 1. The summed E-state index contributed by atoms with van der Waals surface area (Å²) in [5.74, 6) is -4.62. The fourth-order valence-corrected chi connectivity index (χ4v) is 3.68. The van der Waals surface area contributed by atoms with Crippen LogP contribution < -0.4 is 27.4 Å². The van der Waals surface area contributed by atoms with Gasteiger partial charge in [-0.25, -0.2) is 9.78 Å². The molecule has 0 aliphatic rings. The van der Waals surface area contributed by atoms with Crippen LogP contribution in [0, 0.1) is 5.92 Å². The van der Waals surface area contributed by atoms with E-state index in [2.05, 4.69) is 25.9 Å². The number of carbonyl (C=O) groups is 5. The van der Waals surface area contributed by atoms with Crippen molar-refractivity contribution in [2.24, 2.45) is 17.4 Å². The molecule has 4 atom stereocenters. The lowest BCUT2D eigenvalue weighted by Crippen LogP contribution is -2.58. The van der Waals surface area contributed by atoms with Gasteiger partial charge in [0, 0.05) is 31.2 Å². The molecule has 0 unspecified atom stereocenters. The molecule has 0 aliphatic heterocycles. The van der Waals surface area contributed by atoms with Gasteiger partial charge in [0.1, 0.15) is 23.9 Å². The molecule has 1 aromatic heterocycles. The van der Waals surface area contributed by atoms with E-state index in [1.807, 2.05) is 0 Å². The van der Waals surface area contributed by atoms with E-state index in [1.54, 1.807) is 13.8 Å². The van der Waals surface area contributed by atoms with Crippen molar-refractivity contribution in [1.29, 1.82) is 0 Å². The average molecular weight is 546 g/mol. The summed E-state index contributed by atoms with van der Waals surface area (Å²) < 4.78 is 0. The van der Waals surface area contributed by atoms with Crippen LogP contribution in [0.25, 0.3) is 0 Å². The number of aromatic nitrogens is 2. The fourth-order valence-electron chi connectivity index (χ4n) is 3.68. The van der Waals surface area contributed by atoms with Crippen molar-refractivity contribution in [1.82, 2.24) is 25.9 Å². The van der Waals surface area contributed by atoms with Gasteiger partial charge in [0.15, 0.2) is 0 Å². The molecule has 0 aliphatic carbocycles. The number of carbonyl (C=O) groups excluding carboxylic acids is 4. The molecule has 14 nitrogen and oxygen atoms in total. The minimum atomic E-state index is -1.31. The van der Waals surface area contributed by atoms with Crippen molar-refractivity contribution in [3.05, 3.63) is 48.0 Å². The minimum absolute atomic E-state index is 0.0116. The molecular formula is C25H35N7O7. The molecule has 10 N–H and O–H groups in total. The molecule has 212 valence electrons. The SMILES string of the molecule is CC(C)[C@H](NC(=O)[C@H](CCC(N)=O)NC(=O)[C@@H](N)Cc1cnc[nH]1)C(=O)N[C@@H](Cc1ccc(O)cc1)C(=O)O. The quantitative estimate of drug-likeness (QED) is 0.132. The van der Waals surface area contributed by atoms with E-state index in [0.29, 0.717) is 11.3 Å². The molecule has 14 heteroatoms. The molecule has 0 spiro atoms. The van der Waals surface area contributed by atoms with Crippen molar-refractivity contribution in [3.63, 3.8) is 0 Å². The number of nitrogens with two attached hydrogens (primary N) is 2. The number of primary amides is 1. The maximum absolute atomic E-state index is 13.1. The van der Waals surface area contributed by atoms with Gasteiger partial charge >= 0.3 is 5.97 Å². The highest BCUT2D eigenvalue weighted by Crippen LogP contribution is 2.12. The van der Waals surface area contributed by atoms with Crippen LogP contribution in [0.5, 0.6) is 5.75 Å². The lowest BCUT2D eigenvalue weighted by Gasteiger charge is -2.27. The van der Waals surface area contributed by atoms with E-state index < -0.39 is 59.7 Å². The van der Waals surface area contributed by atoms with E-state index >= 15 is 0 Å². The number of amides is 4. The van der Waals surface area contributed by atoms with Gasteiger partial charge in [-0.2, -0.15) is 0 Å². The number of benzene rings is 1. The summed E-state index contributed by atoms with van der Waals surface area (Å²) in [7, 11) is 0. The number of hydrogen-bond acceptors (Lipinski definition) is 8. The van der Waals surface area contributed by atoms with Gasteiger partial charge in [0.05, 0.1) is 12.4 Å². The Balaban J connectivity index is 2.11. The standard InChI is InChI=1S/C25H35N7O7/c1-13(2)21(24(37)31-19(25(38)39)9-14-3-5-16(33)6-4-14)32-23(36)18(7-8-20(27)34)30-22(35)17(26)10-15-11-28-12-29-15/h3-6,11-13,17-19,21,33H,7-10,26H2,1-2H3,(H2,27,34)(H,28,29)(H,30,35)(H,31,37)(H,32,36)(H,38,39)/t17-,18-,19-,21-/m0/s1. The highest BCUT2D eigenvalue weighted by atomic mass is 16.4. The topological polar surface area (TPSA) is 243 Å². The molecule has 1 aromatic carbocycles. The second kappa shape index (κ2) is 14.5. The fraction of sp³-hybridized carbons (Fsp3) is 0.440. The number of phenols is 1. The normalized spacial score (nSPS) is 14.1. The Morgan fingerprint density at radius 1 is 0.949 bits per heavy atom. The first-order valence-corrected chi connectivity index (χ1v) is 12.3. The van der Waals surface area contributed by atoms with Gasteiger partial charge in [-0.1, -0.05) is 26.0 Å². The van der Waals surface area contributed by atoms with E-state index in [1.165, 1.54) is 36.8 Å². The average Bonchev–Trinajstić information content (AvgIpc) is 3.38. The van der Waals surface area contributed by atoms with Gasteiger partial charge in [-0.05, 0) is 30.0 Å². The first-order valence-electron chi connectivity index (χ1n) is 12.3. The number of phenolic OH excluding ortho intramolecular Hbond substituents is 1. The van der Waals surface area contributed by atoms with E-state index in [4.69, 9.17) is 11.5 Å². The van der Waals surface area contributed by atoms with Crippen LogP contribution in [0.3, 0.4) is 0 Å². The summed E-state index contributed by atoms with van der Waals surface area (Å²) in [6.45, 7) is 3.30. The maximum atomic E-state index is 13.1. The molecule has 0 saturated carbocycles. The second-order valence-corrected chi connectivity index (χ2v) is 9.45. The Labute approximate surface area is 224 Å². The molecule has 0 bridgehead atoms. The predicted molar refractivity (Wildman–Crippen MR) is 139 cm³/mol. The summed E-state index contributed by atoms with van der Waals surface area (Å²) >= 11 is 0. The third-order valence-electron chi connectivity index (χ3n) is 5.88. The highest BCUT2D eigenvalue weighted by molar-refractivity contribution is 5.94. The van der Waals surface area contributed by atoms with Gasteiger partial charge in [0.2, 0.25) is 23.6 Å². The van der Waals surface area contributed by atoms with Crippen molar-refractivity contribution < 1.29 is 34.2 Å². The number of aromatic amines is 1. The Kier molecular flexibility index (Phi) is 11.4. The Morgan fingerprint density at radius 2 is 1.59 bits per heavy atom. The number of nitrogens with zero attached hydrogens (tertiary/aromatic N) is 1. The lowest BCUT2D eigenvalue weighted by atomic mass is 10.00. The van der Waals surface area contributed by atoms with Crippen LogP contribution in [-0.4, -0.2) is 73.9 Å². The maximum Gasteiger partial charge on any atom is 0.326 e. The van der Waals surface area contributed by atoms with Crippen LogP contribution in [0.2, 0.25) is 0 Å². The van der Waals surface area contributed by atoms with Crippen LogP contribution >= 0.6 is 0 Å². The first kappa shape index (κ1) is 30.8. The molecule has 0 fully saturated rings. The highest BCUT2D eigenvalue weighted by Gasteiger charge is 2.32. The molecule has 2 aromatic rings. The van der Waals surface area contributed by atoms with Crippen LogP contribution in [0.1, 0.15) is 37.9 Å². The number of hydrogen-bond donors (Lipinski definition) is 8. The Bertz CT molecular complexity index is 1140. The predicted octanol–water partition coefficient (Wildman–Crippen LogP) is -1.31. The van der Waals surface area contributed by atoms with Crippen molar-refractivity contribution >= 4 is 29.6 Å². The summed E-state index contributed by atoms with van der Waals surface area (Å²) in [5.41, 5.74) is 12.3. The molecule has 0 saturated heterocycles. The third-order valence-corrected chi connectivity index (χ3v) is 5.88. The largest absolute Gasteiger partial charge is 0.508 e. The number of nitrogens with one attached hydrogen (secondary N) is 4. The molecule has 1 heterocycles. The molecule has 39 heavy (non-hydrogen) atoms. The van der Waals surface area contributed by atoms with E-state index in [-0.39, 0.29) is 31.4 Å². The number of carboxylic acids is 1. The van der Waals surface area contributed by atoms with Gasteiger partial charge in [-0.3, -0.25) is 19.2 Å².